The molecule has 1 aliphatic carbocycles. The Morgan fingerprint density at radius 3 is 2.83 bits per heavy atom. The summed E-state index contributed by atoms with van der Waals surface area (Å²) < 4.78 is 13.3. The summed E-state index contributed by atoms with van der Waals surface area (Å²) >= 11 is 0. The number of anilines is 1. The van der Waals surface area contributed by atoms with Gasteiger partial charge in [-0.2, -0.15) is 5.26 Å². The molecule has 1 unspecified atom stereocenters. The third-order valence-electron chi connectivity index (χ3n) is 3.60. The second-order valence-corrected chi connectivity index (χ2v) is 5.94. The quantitative estimate of drug-likeness (QED) is 0.853. The van der Waals surface area contributed by atoms with Crippen molar-refractivity contribution in [2.75, 3.05) is 5.32 Å². The molecule has 1 fully saturated rings. The Kier molecular flexibility index (Phi) is 3.56. The van der Waals surface area contributed by atoms with E-state index in [1.165, 1.54) is 25.0 Å². The lowest BCUT2D eigenvalue weighted by Crippen LogP contribution is -2.31. The molecule has 1 aromatic rings. The third-order valence-corrected chi connectivity index (χ3v) is 3.60. The SMILES string of the molecule is CC1(C)CCCC(Nc2cc(F)cc(C#N)c2)C1. The number of hydrogen-bond donors (Lipinski definition) is 1. The van der Waals surface area contributed by atoms with Crippen LogP contribution in [0.3, 0.4) is 0 Å². The number of nitriles is 1. The van der Waals surface area contributed by atoms with Crippen LogP contribution in [-0.4, -0.2) is 6.04 Å². The molecular formula is C15H19FN2. The normalized spacial score (nSPS) is 22.2. The van der Waals surface area contributed by atoms with Gasteiger partial charge < -0.3 is 5.32 Å². The van der Waals surface area contributed by atoms with Crippen molar-refractivity contribution in [1.82, 2.24) is 0 Å². The van der Waals surface area contributed by atoms with Crippen molar-refractivity contribution in [3.05, 3.63) is 29.6 Å². The van der Waals surface area contributed by atoms with Gasteiger partial charge in [0, 0.05) is 11.7 Å². The van der Waals surface area contributed by atoms with Crippen LogP contribution in [0.5, 0.6) is 0 Å². The summed E-state index contributed by atoms with van der Waals surface area (Å²) in [6.07, 6.45) is 4.65. The molecule has 1 N–H and O–H groups in total. The Balaban J connectivity index is 2.10. The summed E-state index contributed by atoms with van der Waals surface area (Å²) in [5.74, 6) is -0.355. The fraction of sp³-hybridized carbons (Fsp3) is 0.533. The molecule has 18 heavy (non-hydrogen) atoms. The number of rotatable bonds is 2. The van der Waals surface area contributed by atoms with Gasteiger partial charge in [-0.25, -0.2) is 4.39 Å². The first kappa shape index (κ1) is 12.9. The van der Waals surface area contributed by atoms with Gasteiger partial charge in [0.1, 0.15) is 5.82 Å². The highest BCUT2D eigenvalue weighted by atomic mass is 19.1. The lowest BCUT2D eigenvalue weighted by molar-refractivity contribution is 0.229. The van der Waals surface area contributed by atoms with Gasteiger partial charge in [0.15, 0.2) is 0 Å². The average Bonchev–Trinajstić information content (AvgIpc) is 2.26. The van der Waals surface area contributed by atoms with E-state index in [1.807, 2.05) is 6.07 Å². The van der Waals surface area contributed by atoms with E-state index >= 15 is 0 Å². The topological polar surface area (TPSA) is 35.8 Å². The predicted octanol–water partition coefficient (Wildman–Crippen LogP) is 4.08. The van der Waals surface area contributed by atoms with E-state index in [0.29, 0.717) is 22.7 Å². The maximum absolute atomic E-state index is 13.3. The van der Waals surface area contributed by atoms with E-state index < -0.39 is 0 Å². The summed E-state index contributed by atoms with van der Waals surface area (Å²) in [5.41, 5.74) is 1.43. The van der Waals surface area contributed by atoms with Crippen molar-refractivity contribution in [3.63, 3.8) is 0 Å². The molecule has 96 valence electrons. The lowest BCUT2D eigenvalue weighted by atomic mass is 9.75. The van der Waals surface area contributed by atoms with Crippen LogP contribution in [0.1, 0.15) is 45.1 Å². The van der Waals surface area contributed by atoms with Gasteiger partial charge in [0.05, 0.1) is 11.6 Å². The zero-order valence-electron chi connectivity index (χ0n) is 11.0. The Morgan fingerprint density at radius 2 is 2.17 bits per heavy atom. The van der Waals surface area contributed by atoms with Crippen molar-refractivity contribution in [2.45, 2.75) is 45.6 Å². The van der Waals surface area contributed by atoms with Crippen molar-refractivity contribution in [1.29, 1.82) is 5.26 Å². The van der Waals surface area contributed by atoms with Gasteiger partial charge >= 0.3 is 0 Å². The summed E-state index contributed by atoms with van der Waals surface area (Å²) in [6, 6.07) is 6.79. The third kappa shape index (κ3) is 3.22. The Bertz CT molecular complexity index is 474. The molecule has 0 radical (unpaired) electrons. The highest BCUT2D eigenvalue weighted by molar-refractivity contribution is 5.50. The lowest BCUT2D eigenvalue weighted by Gasteiger charge is -2.36. The predicted molar refractivity (Wildman–Crippen MR) is 70.8 cm³/mol. The zero-order valence-corrected chi connectivity index (χ0v) is 11.0. The molecule has 0 spiro atoms. The van der Waals surface area contributed by atoms with E-state index in [1.54, 1.807) is 6.07 Å². The fourth-order valence-electron chi connectivity index (χ4n) is 2.79. The number of nitrogens with zero attached hydrogens (tertiary/aromatic N) is 1. The van der Waals surface area contributed by atoms with Crippen LogP contribution in [-0.2, 0) is 0 Å². The molecule has 0 amide bonds. The number of nitrogens with one attached hydrogen (secondary N) is 1. The first-order valence-corrected chi connectivity index (χ1v) is 6.46. The van der Waals surface area contributed by atoms with Gasteiger partial charge in [-0.15, -0.1) is 0 Å². The highest BCUT2D eigenvalue weighted by Crippen LogP contribution is 2.36. The molecule has 0 bridgehead atoms. The molecule has 0 heterocycles. The fourth-order valence-corrected chi connectivity index (χ4v) is 2.79. The molecule has 0 saturated heterocycles. The van der Waals surface area contributed by atoms with Crippen LogP contribution in [0.4, 0.5) is 10.1 Å². The molecular weight excluding hydrogens is 227 g/mol. The van der Waals surface area contributed by atoms with Crippen LogP contribution in [0.25, 0.3) is 0 Å². The average molecular weight is 246 g/mol. The van der Waals surface area contributed by atoms with Crippen LogP contribution in [0.15, 0.2) is 18.2 Å². The summed E-state index contributed by atoms with van der Waals surface area (Å²) in [6.45, 7) is 4.54. The van der Waals surface area contributed by atoms with E-state index in [9.17, 15) is 4.39 Å². The minimum absolute atomic E-state index is 0.349. The molecule has 2 rings (SSSR count). The molecule has 3 heteroatoms. The Morgan fingerprint density at radius 1 is 1.39 bits per heavy atom. The summed E-state index contributed by atoms with van der Waals surface area (Å²) in [7, 11) is 0. The van der Waals surface area contributed by atoms with Crippen LogP contribution in [0, 0.1) is 22.6 Å². The van der Waals surface area contributed by atoms with E-state index in [0.717, 1.165) is 12.8 Å². The molecule has 1 atom stereocenters. The van der Waals surface area contributed by atoms with Gasteiger partial charge in [-0.05, 0) is 42.9 Å². The molecule has 1 aromatic carbocycles. The maximum Gasteiger partial charge on any atom is 0.126 e. The van der Waals surface area contributed by atoms with Crippen LogP contribution >= 0.6 is 0 Å². The van der Waals surface area contributed by atoms with Crippen LogP contribution < -0.4 is 5.32 Å². The van der Waals surface area contributed by atoms with Crippen molar-refractivity contribution in [2.24, 2.45) is 5.41 Å². The number of hydrogen-bond acceptors (Lipinski definition) is 2. The monoisotopic (exact) mass is 246 g/mol. The number of benzene rings is 1. The first-order valence-electron chi connectivity index (χ1n) is 6.46. The standard InChI is InChI=1S/C15H19FN2/c1-15(2)5-3-4-13(9-15)18-14-7-11(10-17)6-12(16)8-14/h6-8,13,18H,3-5,9H2,1-2H3. The van der Waals surface area contributed by atoms with Crippen molar-refractivity contribution >= 4 is 5.69 Å². The van der Waals surface area contributed by atoms with E-state index in [4.69, 9.17) is 5.26 Å². The number of halogens is 1. The van der Waals surface area contributed by atoms with Gasteiger partial charge in [0.2, 0.25) is 0 Å². The zero-order chi connectivity index (χ0) is 13.2. The van der Waals surface area contributed by atoms with Crippen LogP contribution in [0.2, 0.25) is 0 Å². The highest BCUT2D eigenvalue weighted by Gasteiger charge is 2.27. The molecule has 0 aromatic heterocycles. The largest absolute Gasteiger partial charge is 0.382 e. The molecule has 0 aliphatic heterocycles. The molecule has 2 nitrogen and oxygen atoms in total. The van der Waals surface area contributed by atoms with Crippen molar-refractivity contribution in [3.8, 4) is 6.07 Å². The minimum atomic E-state index is -0.355. The molecule has 1 saturated carbocycles. The Hall–Kier alpha value is -1.56. The van der Waals surface area contributed by atoms with Gasteiger partial charge in [0.25, 0.3) is 0 Å². The smallest absolute Gasteiger partial charge is 0.126 e. The Labute approximate surface area is 108 Å². The summed E-state index contributed by atoms with van der Waals surface area (Å²) in [5, 5.41) is 12.2. The minimum Gasteiger partial charge on any atom is -0.382 e. The second-order valence-electron chi connectivity index (χ2n) is 5.94. The second kappa shape index (κ2) is 4.97. The maximum atomic E-state index is 13.3. The van der Waals surface area contributed by atoms with Crippen molar-refractivity contribution < 1.29 is 4.39 Å². The molecule has 1 aliphatic rings. The van der Waals surface area contributed by atoms with E-state index in [2.05, 4.69) is 19.2 Å². The van der Waals surface area contributed by atoms with Gasteiger partial charge in [-0.3, -0.25) is 0 Å². The summed E-state index contributed by atoms with van der Waals surface area (Å²) in [4.78, 5) is 0. The van der Waals surface area contributed by atoms with E-state index in [-0.39, 0.29) is 5.82 Å². The van der Waals surface area contributed by atoms with Gasteiger partial charge in [-0.1, -0.05) is 20.3 Å². The first-order chi connectivity index (χ1) is 8.48.